The van der Waals surface area contributed by atoms with Crippen molar-refractivity contribution in [2.75, 3.05) is 23.0 Å². The first kappa shape index (κ1) is 13.1. The van der Waals surface area contributed by atoms with Crippen LogP contribution in [0, 0.1) is 6.92 Å². The molecule has 5 rings (SSSR count). The van der Waals surface area contributed by atoms with Gasteiger partial charge >= 0.3 is 0 Å². The molecule has 0 atom stereocenters. The molecule has 1 aromatic heterocycles. The maximum absolute atomic E-state index is 2.36. The first-order valence-corrected chi connectivity index (χ1v) is 11.0. The van der Waals surface area contributed by atoms with Crippen molar-refractivity contribution in [3.05, 3.63) is 57.8 Å². The topological polar surface area (TPSA) is 0 Å². The quantitative estimate of drug-likeness (QED) is 0.730. The van der Waals surface area contributed by atoms with E-state index in [0.29, 0.717) is 21.8 Å². The summed E-state index contributed by atoms with van der Waals surface area (Å²) in [7, 11) is 1.00. The molecule has 102 valence electrons. The lowest BCUT2D eigenvalue weighted by atomic mass is 10.2. The molecule has 20 heavy (non-hydrogen) atoms. The Kier molecular flexibility index (Phi) is 3.45. The minimum atomic E-state index is 0.498. The Morgan fingerprint density at radius 1 is 0.800 bits per heavy atom. The van der Waals surface area contributed by atoms with Crippen LogP contribution in [0.1, 0.15) is 15.3 Å². The maximum atomic E-state index is 2.36. The smallest absolute Gasteiger partial charge is 0.136 e. The molecule has 0 N–H and O–H groups in total. The zero-order valence-corrected chi connectivity index (χ0v) is 14.0. The van der Waals surface area contributed by atoms with Gasteiger partial charge in [0.2, 0.25) is 9.81 Å². The first-order valence-electron chi connectivity index (χ1n) is 7.04. The highest BCUT2D eigenvalue weighted by atomic mass is 32.2. The zero-order valence-electron chi connectivity index (χ0n) is 11.6. The molecule has 0 unspecified atom stereocenters. The van der Waals surface area contributed by atoms with Gasteiger partial charge < -0.3 is 0 Å². The summed E-state index contributed by atoms with van der Waals surface area (Å²) in [4.78, 5) is 6.40. The Hall–Kier alpha value is -0.640. The van der Waals surface area contributed by atoms with Crippen LogP contribution in [-0.4, -0.2) is 23.0 Å². The van der Waals surface area contributed by atoms with Gasteiger partial charge in [0.25, 0.3) is 0 Å². The fourth-order valence-electron chi connectivity index (χ4n) is 2.97. The van der Waals surface area contributed by atoms with Crippen LogP contribution in [-0.2, 0) is 21.8 Å². The van der Waals surface area contributed by atoms with Gasteiger partial charge in [-0.05, 0) is 31.2 Å². The van der Waals surface area contributed by atoms with Crippen molar-refractivity contribution in [1.82, 2.24) is 0 Å². The van der Waals surface area contributed by atoms with Crippen LogP contribution in [0.4, 0.5) is 0 Å². The number of hydrogen-bond donors (Lipinski definition) is 0. The molecule has 0 radical (unpaired) electrons. The third-order valence-electron chi connectivity index (χ3n) is 3.94. The molecule has 1 saturated heterocycles. The molecule has 2 bridgehead atoms. The van der Waals surface area contributed by atoms with E-state index in [9.17, 15) is 0 Å². The maximum Gasteiger partial charge on any atom is 0.227 e. The van der Waals surface area contributed by atoms with Crippen molar-refractivity contribution in [1.29, 1.82) is 0 Å². The Balaban J connectivity index is 1.92. The summed E-state index contributed by atoms with van der Waals surface area (Å²) >= 11 is 1.99. The second-order valence-electron chi connectivity index (χ2n) is 5.24. The SMILES string of the molecule is Cc1ccc(C2=C(c3ccccc3)[S+]3CC[S+]2CC3)s1. The average molecular weight is 319 g/mol. The number of aryl methyl sites for hydroxylation is 1. The molecule has 0 amide bonds. The minimum Gasteiger partial charge on any atom is -0.136 e. The summed E-state index contributed by atoms with van der Waals surface area (Å²) in [5, 5.41) is 0. The van der Waals surface area contributed by atoms with Crippen molar-refractivity contribution < 1.29 is 0 Å². The molecule has 0 spiro atoms. The number of fused-ring (bicyclic) bond motifs is 2. The van der Waals surface area contributed by atoms with E-state index < -0.39 is 0 Å². The minimum absolute atomic E-state index is 0.498. The van der Waals surface area contributed by atoms with Gasteiger partial charge in [0.1, 0.15) is 0 Å². The van der Waals surface area contributed by atoms with Gasteiger partial charge in [0.05, 0.1) is 4.88 Å². The molecule has 0 saturated carbocycles. The Labute approximate surface area is 130 Å². The van der Waals surface area contributed by atoms with Crippen LogP contribution < -0.4 is 0 Å². The van der Waals surface area contributed by atoms with E-state index in [1.807, 2.05) is 11.3 Å². The van der Waals surface area contributed by atoms with E-state index >= 15 is 0 Å². The van der Waals surface area contributed by atoms with Crippen LogP contribution in [0.2, 0.25) is 0 Å². The second kappa shape index (κ2) is 5.28. The molecule has 1 aromatic carbocycles. The number of rotatable bonds is 2. The average Bonchev–Trinajstić information content (AvgIpc) is 2.95. The van der Waals surface area contributed by atoms with Crippen LogP contribution in [0.3, 0.4) is 0 Å². The van der Waals surface area contributed by atoms with Crippen molar-refractivity contribution in [2.24, 2.45) is 0 Å². The van der Waals surface area contributed by atoms with Gasteiger partial charge in [-0.25, -0.2) is 0 Å². The van der Waals surface area contributed by atoms with Crippen LogP contribution in [0.25, 0.3) is 9.81 Å². The van der Waals surface area contributed by atoms with Crippen LogP contribution in [0.15, 0.2) is 42.5 Å². The lowest BCUT2D eigenvalue weighted by molar-refractivity contribution is 1.38. The van der Waals surface area contributed by atoms with E-state index in [1.165, 1.54) is 33.5 Å². The van der Waals surface area contributed by atoms with Gasteiger partial charge in [-0.3, -0.25) is 0 Å². The third kappa shape index (κ3) is 2.16. The monoisotopic (exact) mass is 318 g/mol. The molecular formula is C17H18S3+2. The van der Waals surface area contributed by atoms with Crippen molar-refractivity contribution >= 4 is 42.9 Å². The van der Waals surface area contributed by atoms with Crippen LogP contribution in [0.5, 0.6) is 0 Å². The molecule has 3 aliphatic heterocycles. The van der Waals surface area contributed by atoms with Gasteiger partial charge in [0.15, 0.2) is 23.0 Å². The van der Waals surface area contributed by atoms with E-state index in [2.05, 4.69) is 49.4 Å². The Morgan fingerprint density at radius 2 is 1.45 bits per heavy atom. The largest absolute Gasteiger partial charge is 0.227 e. The van der Waals surface area contributed by atoms with Gasteiger partial charge in [0, 0.05) is 32.2 Å². The molecule has 4 heterocycles. The summed E-state index contributed by atoms with van der Waals surface area (Å²) in [5.74, 6) is 5.74. The fraction of sp³-hybridized carbons (Fsp3) is 0.294. The van der Waals surface area contributed by atoms with Crippen molar-refractivity contribution in [3.8, 4) is 0 Å². The van der Waals surface area contributed by atoms with Crippen LogP contribution >= 0.6 is 11.3 Å². The van der Waals surface area contributed by atoms with E-state index in [-0.39, 0.29) is 0 Å². The fourth-order valence-corrected chi connectivity index (χ4v) is 11.1. The van der Waals surface area contributed by atoms with Crippen molar-refractivity contribution in [2.45, 2.75) is 6.92 Å². The first-order chi connectivity index (χ1) is 9.83. The van der Waals surface area contributed by atoms with E-state index in [1.54, 1.807) is 14.7 Å². The Bertz CT molecular complexity index is 646. The van der Waals surface area contributed by atoms with Gasteiger partial charge in [-0.1, -0.05) is 18.2 Å². The highest BCUT2D eigenvalue weighted by Crippen LogP contribution is 2.46. The molecular weight excluding hydrogens is 300 g/mol. The predicted molar refractivity (Wildman–Crippen MR) is 96.5 cm³/mol. The molecule has 3 heteroatoms. The van der Waals surface area contributed by atoms with Gasteiger partial charge in [-0.15, -0.1) is 11.3 Å². The zero-order chi connectivity index (χ0) is 13.5. The standard InChI is InChI=1S/C17H18S3/c1-13-7-8-15(18-13)17-16(14-5-3-2-4-6-14)19-9-11-20(17)12-10-19/h2-8H,9-12H2,1H3/q+2. The highest BCUT2D eigenvalue weighted by Gasteiger charge is 2.51. The molecule has 0 aliphatic carbocycles. The van der Waals surface area contributed by atoms with Gasteiger partial charge in [-0.2, -0.15) is 0 Å². The summed E-state index contributed by atoms with van der Waals surface area (Å²) in [5.41, 5.74) is 1.48. The number of thiophene rings is 1. The summed E-state index contributed by atoms with van der Waals surface area (Å²) in [6.07, 6.45) is 0. The summed E-state index contributed by atoms with van der Waals surface area (Å²) < 4.78 is 0. The predicted octanol–water partition coefficient (Wildman–Crippen LogP) is 4.15. The molecule has 0 nitrogen and oxygen atoms in total. The summed E-state index contributed by atoms with van der Waals surface area (Å²) in [6.45, 7) is 2.23. The molecule has 2 aromatic rings. The lowest BCUT2D eigenvalue weighted by Crippen LogP contribution is -2.39. The van der Waals surface area contributed by atoms with E-state index in [4.69, 9.17) is 0 Å². The lowest BCUT2D eigenvalue weighted by Gasteiger charge is -2.25. The second-order valence-corrected chi connectivity index (χ2v) is 10.9. The molecule has 1 fully saturated rings. The Morgan fingerprint density at radius 3 is 2.05 bits per heavy atom. The third-order valence-corrected chi connectivity index (χ3v) is 10.5. The number of benzene rings is 1. The van der Waals surface area contributed by atoms with Crippen molar-refractivity contribution in [3.63, 3.8) is 0 Å². The summed E-state index contributed by atoms with van der Waals surface area (Å²) in [6, 6.07) is 15.8. The normalized spacial score (nSPS) is 25.2. The molecule has 3 aliphatic rings. The number of hydrogen-bond acceptors (Lipinski definition) is 1. The highest BCUT2D eigenvalue weighted by molar-refractivity contribution is 8.17. The van der Waals surface area contributed by atoms with E-state index in [0.717, 1.165) is 0 Å².